The Labute approximate surface area is 91.8 Å². The van der Waals surface area contributed by atoms with Crippen LogP contribution in [0.25, 0.3) is 0 Å². The number of benzene rings is 1. The Morgan fingerprint density at radius 2 is 2.08 bits per heavy atom. The lowest BCUT2D eigenvalue weighted by Gasteiger charge is -2.07. The number of nitrogens with two attached hydrogens (primary N) is 1. The van der Waals surface area contributed by atoms with E-state index in [1.807, 2.05) is 25.1 Å². The summed E-state index contributed by atoms with van der Waals surface area (Å²) in [6.07, 6.45) is 0. The van der Waals surface area contributed by atoms with Gasteiger partial charge in [0.2, 0.25) is 0 Å². The van der Waals surface area contributed by atoms with E-state index >= 15 is 0 Å². The van der Waals surface area contributed by atoms with Crippen LogP contribution in [0.1, 0.15) is 18.5 Å². The summed E-state index contributed by atoms with van der Waals surface area (Å²) >= 11 is 9.23. The fourth-order valence-electron chi connectivity index (χ4n) is 0.871. The third kappa shape index (κ3) is 2.94. The van der Waals surface area contributed by atoms with Gasteiger partial charge in [0.05, 0.1) is 0 Å². The van der Waals surface area contributed by atoms with Gasteiger partial charge in [0.25, 0.3) is 0 Å². The molecule has 12 heavy (non-hydrogen) atoms. The highest BCUT2D eigenvalue weighted by Crippen LogP contribution is 2.24. The van der Waals surface area contributed by atoms with Gasteiger partial charge in [0.1, 0.15) is 0 Å². The van der Waals surface area contributed by atoms with Gasteiger partial charge >= 0.3 is 0 Å². The van der Waals surface area contributed by atoms with Gasteiger partial charge in [-0.15, -0.1) is 12.4 Å². The van der Waals surface area contributed by atoms with Crippen molar-refractivity contribution in [2.45, 2.75) is 13.0 Å². The van der Waals surface area contributed by atoms with Crippen LogP contribution in [0.5, 0.6) is 0 Å². The topological polar surface area (TPSA) is 26.0 Å². The predicted octanol–water partition coefficient (Wildman–Crippen LogP) is 3.54. The molecule has 0 aliphatic carbocycles. The lowest BCUT2D eigenvalue weighted by molar-refractivity contribution is 0.818. The molecule has 4 heteroatoms. The molecule has 0 aliphatic rings. The Hall–Kier alpha value is 0.240. The van der Waals surface area contributed by atoms with E-state index in [4.69, 9.17) is 17.3 Å². The summed E-state index contributed by atoms with van der Waals surface area (Å²) in [5.74, 6) is 0. The third-order valence-corrected chi connectivity index (χ3v) is 2.27. The lowest BCUT2D eigenvalue weighted by atomic mass is 10.1. The van der Waals surface area contributed by atoms with Crippen LogP contribution in [0.4, 0.5) is 0 Å². The maximum absolute atomic E-state index is 5.91. The highest BCUT2D eigenvalue weighted by atomic mass is 79.9. The second kappa shape index (κ2) is 5.07. The predicted molar refractivity (Wildman–Crippen MR) is 59.0 cm³/mol. The Bertz CT molecular complexity index is 263. The van der Waals surface area contributed by atoms with Crippen molar-refractivity contribution in [3.63, 3.8) is 0 Å². The molecule has 2 N–H and O–H groups in total. The zero-order chi connectivity index (χ0) is 8.43. The molecule has 0 spiro atoms. The maximum Gasteiger partial charge on any atom is 0.0464 e. The summed E-state index contributed by atoms with van der Waals surface area (Å²) in [7, 11) is 0. The first-order chi connectivity index (χ1) is 5.11. The van der Waals surface area contributed by atoms with E-state index in [2.05, 4.69) is 15.9 Å². The molecule has 1 atom stereocenters. The zero-order valence-corrected chi connectivity index (χ0v) is 9.71. The molecule has 1 aromatic carbocycles. The molecule has 0 aliphatic heterocycles. The molecule has 0 saturated heterocycles. The van der Waals surface area contributed by atoms with Crippen molar-refractivity contribution in [3.05, 3.63) is 33.3 Å². The average molecular weight is 271 g/mol. The molecule has 0 fully saturated rings. The number of hydrogen-bond acceptors (Lipinski definition) is 1. The van der Waals surface area contributed by atoms with Crippen LogP contribution in [0, 0.1) is 0 Å². The number of hydrogen-bond donors (Lipinski definition) is 1. The molecular formula is C8H10BrCl2N. The smallest absolute Gasteiger partial charge is 0.0464 e. The van der Waals surface area contributed by atoms with Gasteiger partial charge in [0, 0.05) is 15.5 Å². The summed E-state index contributed by atoms with van der Waals surface area (Å²) in [4.78, 5) is 0. The minimum absolute atomic E-state index is 0. The molecule has 1 rings (SSSR count). The Balaban J connectivity index is 0.00000121. The Kier molecular flexibility index (Phi) is 5.18. The minimum atomic E-state index is -0.00407. The molecule has 1 aromatic rings. The molecule has 0 unspecified atom stereocenters. The number of halogens is 3. The van der Waals surface area contributed by atoms with Gasteiger partial charge in [-0.1, -0.05) is 33.6 Å². The molecule has 0 aromatic heterocycles. The van der Waals surface area contributed by atoms with E-state index in [1.54, 1.807) is 0 Å². The van der Waals surface area contributed by atoms with E-state index in [-0.39, 0.29) is 18.4 Å². The van der Waals surface area contributed by atoms with Crippen LogP contribution in [0.3, 0.4) is 0 Å². The summed E-state index contributed by atoms with van der Waals surface area (Å²) in [5.41, 5.74) is 6.65. The van der Waals surface area contributed by atoms with Crippen molar-refractivity contribution in [2.75, 3.05) is 0 Å². The van der Waals surface area contributed by atoms with E-state index in [1.165, 1.54) is 0 Å². The molecule has 0 amide bonds. The molecule has 0 radical (unpaired) electrons. The van der Waals surface area contributed by atoms with Gasteiger partial charge in [-0.2, -0.15) is 0 Å². The number of rotatable bonds is 1. The molecular weight excluding hydrogens is 261 g/mol. The van der Waals surface area contributed by atoms with Crippen molar-refractivity contribution < 1.29 is 0 Å². The quantitative estimate of drug-likeness (QED) is 0.830. The minimum Gasteiger partial charge on any atom is -0.324 e. The Morgan fingerprint density at radius 3 is 2.50 bits per heavy atom. The van der Waals surface area contributed by atoms with E-state index < -0.39 is 0 Å². The molecule has 0 bridgehead atoms. The highest BCUT2D eigenvalue weighted by molar-refractivity contribution is 9.10. The van der Waals surface area contributed by atoms with Gasteiger partial charge in [-0.25, -0.2) is 0 Å². The van der Waals surface area contributed by atoms with Gasteiger partial charge in [-0.3, -0.25) is 0 Å². The van der Waals surface area contributed by atoms with Crippen LogP contribution in [-0.2, 0) is 0 Å². The van der Waals surface area contributed by atoms with Crippen molar-refractivity contribution in [1.82, 2.24) is 0 Å². The fourth-order valence-corrected chi connectivity index (χ4v) is 1.72. The SMILES string of the molecule is C[C@@H](N)c1ccc(Br)cc1Cl.Cl. The van der Waals surface area contributed by atoms with Crippen LogP contribution in [-0.4, -0.2) is 0 Å². The molecule has 68 valence electrons. The fraction of sp³-hybridized carbons (Fsp3) is 0.250. The molecule has 0 saturated carbocycles. The van der Waals surface area contributed by atoms with Crippen molar-refractivity contribution in [1.29, 1.82) is 0 Å². The summed E-state index contributed by atoms with van der Waals surface area (Å²) in [6.45, 7) is 1.91. The van der Waals surface area contributed by atoms with Gasteiger partial charge in [0.15, 0.2) is 0 Å². The first-order valence-electron chi connectivity index (χ1n) is 3.32. The third-order valence-electron chi connectivity index (χ3n) is 1.45. The van der Waals surface area contributed by atoms with Crippen molar-refractivity contribution >= 4 is 39.9 Å². The standard InChI is InChI=1S/C8H9BrClN.ClH/c1-5(11)7-3-2-6(9)4-8(7)10;/h2-5H,11H2,1H3;1H/t5-;/m1./s1. The maximum atomic E-state index is 5.91. The summed E-state index contributed by atoms with van der Waals surface area (Å²) in [5, 5.41) is 0.717. The van der Waals surface area contributed by atoms with E-state index in [0.717, 1.165) is 15.1 Å². The van der Waals surface area contributed by atoms with Crippen LogP contribution < -0.4 is 5.73 Å². The first-order valence-corrected chi connectivity index (χ1v) is 4.49. The average Bonchev–Trinajstić information content (AvgIpc) is 1.85. The van der Waals surface area contributed by atoms with Crippen LogP contribution in [0.15, 0.2) is 22.7 Å². The highest BCUT2D eigenvalue weighted by Gasteiger charge is 2.04. The van der Waals surface area contributed by atoms with E-state index in [0.29, 0.717) is 0 Å². The van der Waals surface area contributed by atoms with Gasteiger partial charge < -0.3 is 5.73 Å². The monoisotopic (exact) mass is 269 g/mol. The molecule has 1 nitrogen and oxygen atoms in total. The second-order valence-corrected chi connectivity index (χ2v) is 3.78. The lowest BCUT2D eigenvalue weighted by Crippen LogP contribution is -2.05. The first kappa shape index (κ1) is 12.2. The van der Waals surface area contributed by atoms with Crippen molar-refractivity contribution in [3.8, 4) is 0 Å². The molecule has 0 heterocycles. The van der Waals surface area contributed by atoms with Crippen LogP contribution in [0.2, 0.25) is 5.02 Å². The largest absolute Gasteiger partial charge is 0.324 e. The Morgan fingerprint density at radius 1 is 1.50 bits per heavy atom. The second-order valence-electron chi connectivity index (χ2n) is 2.45. The summed E-state index contributed by atoms with van der Waals surface area (Å²) < 4.78 is 0.979. The summed E-state index contributed by atoms with van der Waals surface area (Å²) in [6, 6.07) is 5.71. The normalized spacial score (nSPS) is 12.0. The van der Waals surface area contributed by atoms with Gasteiger partial charge in [-0.05, 0) is 24.6 Å². The van der Waals surface area contributed by atoms with Crippen LogP contribution >= 0.6 is 39.9 Å². The zero-order valence-electron chi connectivity index (χ0n) is 6.55. The van der Waals surface area contributed by atoms with Crippen molar-refractivity contribution in [2.24, 2.45) is 5.73 Å². The van der Waals surface area contributed by atoms with E-state index in [9.17, 15) is 0 Å².